The highest BCUT2D eigenvalue weighted by Gasteiger charge is 2.11. The Labute approximate surface area is 74.8 Å². The molecule has 0 atom stereocenters. The fraction of sp³-hybridized carbons (Fsp3) is 0.500. The van der Waals surface area contributed by atoms with Gasteiger partial charge in [0, 0.05) is 12.4 Å². The first-order chi connectivity index (χ1) is 5.61. The van der Waals surface area contributed by atoms with Gasteiger partial charge in [0.15, 0.2) is 0 Å². The van der Waals surface area contributed by atoms with Crippen molar-refractivity contribution < 1.29 is 0 Å². The van der Waals surface area contributed by atoms with Crippen LogP contribution in [0.4, 0.5) is 0 Å². The molecule has 0 aliphatic rings. The van der Waals surface area contributed by atoms with E-state index in [4.69, 9.17) is 0 Å². The van der Waals surface area contributed by atoms with Gasteiger partial charge in [-0.1, -0.05) is 20.8 Å². The average molecular weight is 166 g/mol. The second kappa shape index (κ2) is 4.88. The molecule has 0 unspecified atom stereocenters. The molecule has 12 heavy (non-hydrogen) atoms. The SMILES string of the molecule is CC(C)(C)c1ccncc1.CN. The van der Waals surface area contributed by atoms with Crippen LogP contribution in [0, 0.1) is 0 Å². The first-order valence-electron chi connectivity index (χ1n) is 4.09. The molecule has 0 aliphatic heterocycles. The van der Waals surface area contributed by atoms with Gasteiger partial charge in [0.05, 0.1) is 0 Å². The van der Waals surface area contributed by atoms with E-state index in [1.165, 1.54) is 12.6 Å². The van der Waals surface area contributed by atoms with Crippen molar-refractivity contribution in [2.75, 3.05) is 7.05 Å². The highest BCUT2D eigenvalue weighted by molar-refractivity contribution is 5.18. The highest BCUT2D eigenvalue weighted by atomic mass is 14.6. The van der Waals surface area contributed by atoms with Crippen molar-refractivity contribution in [2.24, 2.45) is 5.73 Å². The summed E-state index contributed by atoms with van der Waals surface area (Å²) in [7, 11) is 1.50. The van der Waals surface area contributed by atoms with Crippen molar-refractivity contribution in [3.8, 4) is 0 Å². The first-order valence-corrected chi connectivity index (χ1v) is 4.09. The Morgan fingerprint density at radius 1 is 1.08 bits per heavy atom. The van der Waals surface area contributed by atoms with E-state index in [2.05, 4.69) is 43.6 Å². The Morgan fingerprint density at radius 3 is 1.75 bits per heavy atom. The molecule has 1 aromatic heterocycles. The quantitative estimate of drug-likeness (QED) is 0.640. The molecular formula is C10H18N2. The Balaban J connectivity index is 0.000000561. The van der Waals surface area contributed by atoms with Crippen molar-refractivity contribution >= 4 is 0 Å². The largest absolute Gasteiger partial charge is 0.333 e. The van der Waals surface area contributed by atoms with Gasteiger partial charge < -0.3 is 5.73 Å². The molecule has 0 saturated heterocycles. The lowest BCUT2D eigenvalue weighted by molar-refractivity contribution is 0.589. The van der Waals surface area contributed by atoms with Crippen molar-refractivity contribution in [1.29, 1.82) is 0 Å². The van der Waals surface area contributed by atoms with E-state index in [1.54, 1.807) is 0 Å². The summed E-state index contributed by atoms with van der Waals surface area (Å²) in [5, 5.41) is 0. The topological polar surface area (TPSA) is 38.9 Å². The van der Waals surface area contributed by atoms with Crippen molar-refractivity contribution in [1.82, 2.24) is 4.98 Å². The zero-order valence-corrected chi connectivity index (χ0v) is 8.33. The second-order valence-electron chi connectivity index (χ2n) is 3.49. The van der Waals surface area contributed by atoms with Crippen LogP contribution in [-0.4, -0.2) is 12.0 Å². The van der Waals surface area contributed by atoms with E-state index in [0.717, 1.165) is 0 Å². The standard InChI is InChI=1S/C9H13N.CH5N/c1-9(2,3)8-4-6-10-7-5-8;1-2/h4-7H,1-3H3;2H2,1H3. The van der Waals surface area contributed by atoms with E-state index in [1.807, 2.05) is 12.4 Å². The van der Waals surface area contributed by atoms with Gasteiger partial charge in [0.25, 0.3) is 0 Å². The summed E-state index contributed by atoms with van der Waals surface area (Å²) in [6.45, 7) is 6.59. The lowest BCUT2D eigenvalue weighted by atomic mass is 9.88. The molecular weight excluding hydrogens is 148 g/mol. The molecule has 0 radical (unpaired) electrons. The van der Waals surface area contributed by atoms with Crippen LogP contribution in [-0.2, 0) is 5.41 Å². The van der Waals surface area contributed by atoms with E-state index in [9.17, 15) is 0 Å². The van der Waals surface area contributed by atoms with Crippen LogP contribution in [0.5, 0.6) is 0 Å². The van der Waals surface area contributed by atoms with Gasteiger partial charge in [-0.3, -0.25) is 4.98 Å². The number of hydrogen-bond donors (Lipinski definition) is 1. The van der Waals surface area contributed by atoms with Crippen LogP contribution in [0.15, 0.2) is 24.5 Å². The van der Waals surface area contributed by atoms with E-state index < -0.39 is 0 Å². The molecule has 0 bridgehead atoms. The smallest absolute Gasteiger partial charge is 0.0270 e. The van der Waals surface area contributed by atoms with Crippen LogP contribution in [0.3, 0.4) is 0 Å². The highest BCUT2D eigenvalue weighted by Crippen LogP contribution is 2.20. The predicted molar refractivity (Wildman–Crippen MR) is 53.0 cm³/mol. The summed E-state index contributed by atoms with van der Waals surface area (Å²) in [5.41, 5.74) is 6.09. The second-order valence-corrected chi connectivity index (χ2v) is 3.49. The lowest BCUT2D eigenvalue weighted by Crippen LogP contribution is -2.10. The summed E-state index contributed by atoms with van der Waals surface area (Å²) in [4.78, 5) is 3.96. The van der Waals surface area contributed by atoms with Gasteiger partial charge in [-0.15, -0.1) is 0 Å². The lowest BCUT2D eigenvalue weighted by Gasteiger charge is -2.17. The Morgan fingerprint density at radius 2 is 1.50 bits per heavy atom. The minimum absolute atomic E-state index is 0.253. The van der Waals surface area contributed by atoms with Crippen LogP contribution < -0.4 is 5.73 Å². The van der Waals surface area contributed by atoms with Crippen LogP contribution in [0.1, 0.15) is 26.3 Å². The maximum atomic E-state index is 4.50. The maximum Gasteiger partial charge on any atom is 0.0270 e. The number of rotatable bonds is 0. The zero-order valence-electron chi connectivity index (χ0n) is 8.33. The number of nitrogens with two attached hydrogens (primary N) is 1. The normalized spacial score (nSPS) is 10.1. The Hall–Kier alpha value is -0.890. The number of aromatic nitrogens is 1. The summed E-state index contributed by atoms with van der Waals surface area (Å²) < 4.78 is 0. The van der Waals surface area contributed by atoms with E-state index >= 15 is 0 Å². The molecule has 2 heteroatoms. The van der Waals surface area contributed by atoms with Gasteiger partial charge in [-0.05, 0) is 30.2 Å². The summed E-state index contributed by atoms with van der Waals surface area (Å²) in [6, 6.07) is 4.11. The zero-order chi connectivity index (χ0) is 9.61. The molecule has 0 amide bonds. The third-order valence-corrected chi connectivity index (χ3v) is 1.55. The van der Waals surface area contributed by atoms with Gasteiger partial charge in [-0.25, -0.2) is 0 Å². The van der Waals surface area contributed by atoms with Gasteiger partial charge >= 0.3 is 0 Å². The van der Waals surface area contributed by atoms with Crippen LogP contribution in [0.25, 0.3) is 0 Å². The monoisotopic (exact) mass is 166 g/mol. The fourth-order valence-corrected chi connectivity index (χ4v) is 0.852. The summed E-state index contributed by atoms with van der Waals surface area (Å²) in [5.74, 6) is 0. The number of pyridine rings is 1. The predicted octanol–water partition coefficient (Wildman–Crippen LogP) is 1.95. The minimum atomic E-state index is 0.253. The number of hydrogen-bond acceptors (Lipinski definition) is 2. The van der Waals surface area contributed by atoms with Crippen LogP contribution in [0.2, 0.25) is 0 Å². The molecule has 68 valence electrons. The molecule has 1 rings (SSSR count). The Kier molecular flexibility index (Phi) is 4.52. The van der Waals surface area contributed by atoms with Gasteiger partial charge in [-0.2, -0.15) is 0 Å². The molecule has 2 N–H and O–H groups in total. The van der Waals surface area contributed by atoms with Crippen molar-refractivity contribution in [2.45, 2.75) is 26.2 Å². The molecule has 1 aromatic rings. The minimum Gasteiger partial charge on any atom is -0.333 e. The third-order valence-electron chi connectivity index (χ3n) is 1.55. The third kappa shape index (κ3) is 3.49. The molecule has 0 aromatic carbocycles. The first kappa shape index (κ1) is 11.1. The van der Waals surface area contributed by atoms with E-state index in [-0.39, 0.29) is 5.41 Å². The molecule has 0 aliphatic carbocycles. The number of nitrogens with zero attached hydrogens (tertiary/aromatic N) is 1. The fourth-order valence-electron chi connectivity index (χ4n) is 0.852. The summed E-state index contributed by atoms with van der Waals surface area (Å²) >= 11 is 0. The molecule has 1 heterocycles. The summed E-state index contributed by atoms with van der Waals surface area (Å²) in [6.07, 6.45) is 3.67. The van der Waals surface area contributed by atoms with E-state index in [0.29, 0.717) is 0 Å². The van der Waals surface area contributed by atoms with Crippen molar-refractivity contribution in [3.05, 3.63) is 30.1 Å². The van der Waals surface area contributed by atoms with Crippen LogP contribution >= 0.6 is 0 Å². The van der Waals surface area contributed by atoms with Gasteiger partial charge in [0.1, 0.15) is 0 Å². The molecule has 0 spiro atoms. The molecule has 0 fully saturated rings. The van der Waals surface area contributed by atoms with Crippen molar-refractivity contribution in [3.63, 3.8) is 0 Å². The average Bonchev–Trinajstić information content (AvgIpc) is 2.08. The molecule has 0 saturated carbocycles. The van der Waals surface area contributed by atoms with Gasteiger partial charge in [0.2, 0.25) is 0 Å². The Bertz CT molecular complexity index is 199. The molecule has 2 nitrogen and oxygen atoms in total. The maximum absolute atomic E-state index is 4.50.